The molecule has 0 fully saturated rings. The van der Waals surface area contributed by atoms with Crippen LogP contribution in [0.2, 0.25) is 0 Å². The maximum absolute atomic E-state index is 11.1. The average molecular weight is 296 g/mol. The highest BCUT2D eigenvalue weighted by Crippen LogP contribution is 2.21. The fraction of sp³-hybridized carbons (Fsp3) is 0.556. The Morgan fingerprint density at radius 1 is 1.64 bits per heavy atom. The highest BCUT2D eigenvalue weighted by Gasteiger charge is 2.05. The molecule has 0 bridgehead atoms. The van der Waals surface area contributed by atoms with Crippen LogP contribution in [0.5, 0.6) is 0 Å². The molecule has 1 N–H and O–H groups in total. The maximum atomic E-state index is 11.1. The van der Waals surface area contributed by atoms with Crippen molar-refractivity contribution in [2.45, 2.75) is 18.7 Å². The number of hydrogen-bond donors (Lipinski definition) is 1. The monoisotopic (exact) mass is 295 g/mol. The molecule has 1 aromatic rings. The summed E-state index contributed by atoms with van der Waals surface area (Å²) in [5.41, 5.74) is 0. The Morgan fingerprint density at radius 2 is 2.36 bits per heavy atom. The van der Waals surface area contributed by atoms with E-state index in [0.29, 0.717) is 0 Å². The minimum Gasteiger partial charge on any atom is -0.311 e. The van der Waals surface area contributed by atoms with E-state index in [1.807, 2.05) is 13.0 Å². The highest BCUT2D eigenvalue weighted by atomic mass is 79.9. The van der Waals surface area contributed by atoms with Crippen LogP contribution in [0.15, 0.2) is 15.9 Å². The highest BCUT2D eigenvalue weighted by molar-refractivity contribution is 9.11. The van der Waals surface area contributed by atoms with Gasteiger partial charge in [0.15, 0.2) is 0 Å². The van der Waals surface area contributed by atoms with Gasteiger partial charge in [0.1, 0.15) is 0 Å². The normalized spacial score (nSPS) is 15.4. The molecule has 1 heterocycles. The Hall–Kier alpha value is 0.290. The van der Waals surface area contributed by atoms with Crippen LogP contribution >= 0.6 is 27.3 Å². The minimum atomic E-state index is -0.731. The van der Waals surface area contributed by atoms with Crippen LogP contribution in [0.25, 0.3) is 0 Å². The van der Waals surface area contributed by atoms with Crippen LogP contribution in [0.1, 0.15) is 11.8 Å². The number of rotatable bonds is 5. The van der Waals surface area contributed by atoms with E-state index < -0.39 is 10.8 Å². The molecular weight excluding hydrogens is 282 g/mol. The van der Waals surface area contributed by atoms with Crippen LogP contribution in [-0.2, 0) is 17.3 Å². The lowest BCUT2D eigenvalue weighted by Crippen LogP contribution is -2.26. The van der Waals surface area contributed by atoms with Crippen molar-refractivity contribution in [2.24, 2.45) is 0 Å². The molecule has 1 aromatic heterocycles. The summed E-state index contributed by atoms with van der Waals surface area (Å²) in [5.74, 6) is 0. The zero-order valence-electron chi connectivity index (χ0n) is 8.25. The quantitative estimate of drug-likeness (QED) is 0.904. The summed E-state index contributed by atoms with van der Waals surface area (Å²) in [6.07, 6.45) is 1.74. The topological polar surface area (TPSA) is 29.1 Å². The maximum Gasteiger partial charge on any atom is 0.0701 e. The molecule has 0 aliphatic rings. The first-order valence-corrected chi connectivity index (χ1v) is 7.60. The SMILES string of the molecule is CC(CNCc1ccc(Br)s1)S(C)=O. The van der Waals surface area contributed by atoms with Crippen molar-refractivity contribution in [3.8, 4) is 0 Å². The molecule has 0 aliphatic carbocycles. The summed E-state index contributed by atoms with van der Waals surface area (Å²) in [6.45, 7) is 3.66. The standard InChI is InChI=1S/C9H14BrNOS2/c1-7(14(2)12)5-11-6-8-3-4-9(10)13-8/h3-4,7,11H,5-6H2,1-2H3. The van der Waals surface area contributed by atoms with Crippen molar-refractivity contribution in [2.75, 3.05) is 12.8 Å². The molecule has 80 valence electrons. The van der Waals surface area contributed by atoms with Gasteiger partial charge in [-0.15, -0.1) is 11.3 Å². The predicted molar refractivity (Wildman–Crippen MR) is 67.3 cm³/mol. The first kappa shape index (κ1) is 12.4. The van der Waals surface area contributed by atoms with Gasteiger partial charge in [-0.25, -0.2) is 0 Å². The van der Waals surface area contributed by atoms with E-state index in [0.717, 1.165) is 16.9 Å². The molecule has 2 atom stereocenters. The van der Waals surface area contributed by atoms with Crippen molar-refractivity contribution in [1.82, 2.24) is 5.32 Å². The van der Waals surface area contributed by atoms with Gasteiger partial charge in [-0.05, 0) is 35.0 Å². The molecule has 0 saturated heterocycles. The Morgan fingerprint density at radius 3 is 2.86 bits per heavy atom. The first-order chi connectivity index (χ1) is 6.59. The Kier molecular flexibility index (Phi) is 5.30. The summed E-state index contributed by atoms with van der Waals surface area (Å²) in [6, 6.07) is 4.14. The molecule has 0 aromatic carbocycles. The van der Waals surface area contributed by atoms with Crippen molar-refractivity contribution in [3.63, 3.8) is 0 Å². The van der Waals surface area contributed by atoms with Gasteiger partial charge in [-0.3, -0.25) is 4.21 Å². The first-order valence-electron chi connectivity index (χ1n) is 4.36. The van der Waals surface area contributed by atoms with Gasteiger partial charge in [0, 0.05) is 40.3 Å². The van der Waals surface area contributed by atoms with Crippen LogP contribution in [-0.4, -0.2) is 22.3 Å². The van der Waals surface area contributed by atoms with Crippen molar-refractivity contribution >= 4 is 38.1 Å². The third-order valence-electron chi connectivity index (χ3n) is 1.93. The third kappa shape index (κ3) is 4.21. The average Bonchev–Trinajstić information content (AvgIpc) is 2.51. The van der Waals surface area contributed by atoms with Gasteiger partial charge in [-0.1, -0.05) is 0 Å². The number of halogens is 1. The molecule has 0 spiro atoms. The Bertz CT molecular complexity index is 314. The zero-order chi connectivity index (χ0) is 10.6. The van der Waals surface area contributed by atoms with E-state index in [1.54, 1.807) is 17.6 Å². The second-order valence-corrected chi connectivity index (χ2v) is 7.50. The fourth-order valence-electron chi connectivity index (χ4n) is 0.963. The molecule has 0 aliphatic heterocycles. The molecule has 14 heavy (non-hydrogen) atoms. The predicted octanol–water partition coefficient (Wildman–Crippen LogP) is 2.37. The third-order valence-corrected chi connectivity index (χ3v) is 4.85. The second-order valence-electron chi connectivity index (χ2n) is 3.15. The van der Waals surface area contributed by atoms with E-state index in [4.69, 9.17) is 0 Å². The number of thiophene rings is 1. The number of nitrogens with one attached hydrogen (secondary N) is 1. The molecule has 1 rings (SSSR count). The summed E-state index contributed by atoms with van der Waals surface area (Å²) in [5, 5.41) is 3.51. The van der Waals surface area contributed by atoms with Crippen molar-refractivity contribution < 1.29 is 4.21 Å². The molecule has 0 radical (unpaired) electrons. The van der Waals surface area contributed by atoms with Gasteiger partial charge in [0.25, 0.3) is 0 Å². The Labute approximate surface area is 99.7 Å². The summed E-state index contributed by atoms with van der Waals surface area (Å²) >= 11 is 5.14. The molecular formula is C9H14BrNOS2. The molecule has 2 unspecified atom stereocenters. The summed E-state index contributed by atoms with van der Waals surface area (Å²) in [7, 11) is -0.731. The van der Waals surface area contributed by atoms with Gasteiger partial charge < -0.3 is 5.32 Å². The summed E-state index contributed by atoms with van der Waals surface area (Å²) in [4.78, 5) is 1.30. The van der Waals surface area contributed by atoms with Gasteiger partial charge in [0.05, 0.1) is 3.79 Å². The van der Waals surface area contributed by atoms with E-state index in [9.17, 15) is 4.21 Å². The van der Waals surface area contributed by atoms with Crippen LogP contribution in [0.4, 0.5) is 0 Å². The van der Waals surface area contributed by atoms with Crippen LogP contribution in [0.3, 0.4) is 0 Å². The van der Waals surface area contributed by atoms with Gasteiger partial charge >= 0.3 is 0 Å². The fourth-order valence-corrected chi connectivity index (χ4v) is 2.77. The van der Waals surface area contributed by atoms with Crippen molar-refractivity contribution in [3.05, 3.63) is 20.8 Å². The second kappa shape index (κ2) is 6.00. The Balaban J connectivity index is 2.25. The van der Waals surface area contributed by atoms with E-state index in [-0.39, 0.29) is 5.25 Å². The summed E-state index contributed by atoms with van der Waals surface area (Å²) < 4.78 is 12.2. The molecule has 0 saturated carbocycles. The lowest BCUT2D eigenvalue weighted by molar-refractivity contribution is 0.650. The van der Waals surface area contributed by atoms with Gasteiger partial charge in [0.2, 0.25) is 0 Å². The molecule has 0 amide bonds. The lowest BCUT2D eigenvalue weighted by Gasteiger charge is -2.08. The molecule has 2 nitrogen and oxygen atoms in total. The van der Waals surface area contributed by atoms with Crippen LogP contribution < -0.4 is 5.32 Å². The zero-order valence-corrected chi connectivity index (χ0v) is 11.5. The lowest BCUT2D eigenvalue weighted by atomic mass is 10.4. The van der Waals surface area contributed by atoms with E-state index in [2.05, 4.69) is 27.3 Å². The number of hydrogen-bond acceptors (Lipinski definition) is 3. The van der Waals surface area contributed by atoms with Crippen molar-refractivity contribution in [1.29, 1.82) is 0 Å². The minimum absolute atomic E-state index is 0.221. The smallest absolute Gasteiger partial charge is 0.0701 e. The van der Waals surface area contributed by atoms with E-state index in [1.165, 1.54) is 4.88 Å². The molecule has 5 heteroatoms. The van der Waals surface area contributed by atoms with Gasteiger partial charge in [-0.2, -0.15) is 0 Å². The largest absolute Gasteiger partial charge is 0.311 e. The van der Waals surface area contributed by atoms with E-state index >= 15 is 0 Å². The van der Waals surface area contributed by atoms with Crippen LogP contribution in [0, 0.1) is 0 Å².